The van der Waals surface area contributed by atoms with Gasteiger partial charge in [-0.2, -0.15) is 0 Å². The van der Waals surface area contributed by atoms with Gasteiger partial charge in [0.05, 0.1) is 22.7 Å². The fourth-order valence-corrected chi connectivity index (χ4v) is 4.55. The number of carbonyl (C=O) groups excluding carboxylic acids is 1. The molecular formula is C24H22N4O2S2. The van der Waals surface area contributed by atoms with E-state index in [4.69, 9.17) is 4.99 Å². The van der Waals surface area contributed by atoms with Crippen LogP contribution in [0.15, 0.2) is 57.9 Å². The van der Waals surface area contributed by atoms with E-state index in [2.05, 4.69) is 9.97 Å². The molecule has 0 aliphatic carbocycles. The van der Waals surface area contributed by atoms with Gasteiger partial charge in [-0.1, -0.05) is 6.07 Å². The van der Waals surface area contributed by atoms with Crippen LogP contribution in [0.2, 0.25) is 0 Å². The third kappa shape index (κ3) is 4.42. The highest BCUT2D eigenvalue weighted by Crippen LogP contribution is 2.29. The number of Topliss-reactive ketones (excluding diaryl/α,β-unsaturated/α-hetero) is 1. The number of aryl methyl sites for hydroxylation is 3. The number of fused-ring (bicyclic) bond motifs is 1. The second kappa shape index (κ2) is 9.18. The van der Waals surface area contributed by atoms with Gasteiger partial charge in [-0.05, 0) is 55.5 Å². The van der Waals surface area contributed by atoms with Crippen LogP contribution < -0.4 is 5.56 Å². The smallest absolute Gasteiger partial charge is 0.258 e. The number of thioether (sulfide) groups is 1. The number of aromatic nitrogens is 3. The number of carbonyl (C=O) groups is 1. The molecule has 0 amide bonds. The van der Waals surface area contributed by atoms with E-state index in [-0.39, 0.29) is 17.8 Å². The molecule has 32 heavy (non-hydrogen) atoms. The highest BCUT2D eigenvalue weighted by Gasteiger charge is 2.14. The molecule has 0 N–H and O–H groups in total. The first kappa shape index (κ1) is 22.1. The van der Waals surface area contributed by atoms with E-state index in [9.17, 15) is 9.59 Å². The van der Waals surface area contributed by atoms with E-state index >= 15 is 0 Å². The van der Waals surface area contributed by atoms with Gasteiger partial charge in [-0.3, -0.25) is 14.6 Å². The number of pyridine rings is 2. The molecule has 0 atom stereocenters. The highest BCUT2D eigenvalue weighted by atomic mass is 32.2. The zero-order chi connectivity index (χ0) is 22.8. The predicted molar refractivity (Wildman–Crippen MR) is 134 cm³/mol. The Morgan fingerprint density at radius 1 is 1.16 bits per heavy atom. The number of ketones is 1. The van der Waals surface area contributed by atoms with E-state index in [1.165, 1.54) is 23.1 Å². The number of nitrogens with zero attached hydrogens (tertiary/aromatic N) is 4. The van der Waals surface area contributed by atoms with Crippen LogP contribution in [0.5, 0.6) is 0 Å². The first-order valence-corrected chi connectivity index (χ1v) is 12.1. The van der Waals surface area contributed by atoms with E-state index in [0.29, 0.717) is 21.3 Å². The SMILES string of the molecule is CSC(CC(=O)c1nccs1)=Nc1ccc(C)c(-c2cc3cnc(C)cc3n(C)c2=O)c1. The third-order valence-corrected chi connectivity index (χ3v) is 6.75. The molecule has 162 valence electrons. The maximum Gasteiger partial charge on any atom is 0.258 e. The van der Waals surface area contributed by atoms with Crippen molar-refractivity contribution in [1.82, 2.24) is 14.5 Å². The first-order valence-electron chi connectivity index (χ1n) is 9.99. The molecule has 3 aromatic heterocycles. The summed E-state index contributed by atoms with van der Waals surface area (Å²) < 4.78 is 1.66. The van der Waals surface area contributed by atoms with E-state index < -0.39 is 0 Å². The van der Waals surface area contributed by atoms with Crippen molar-refractivity contribution in [3.63, 3.8) is 0 Å². The van der Waals surface area contributed by atoms with E-state index in [1.807, 2.05) is 50.4 Å². The molecule has 0 aliphatic rings. The molecule has 4 rings (SSSR count). The maximum absolute atomic E-state index is 13.2. The molecule has 0 radical (unpaired) electrons. The zero-order valence-electron chi connectivity index (χ0n) is 18.2. The zero-order valence-corrected chi connectivity index (χ0v) is 19.9. The lowest BCUT2D eigenvalue weighted by Crippen LogP contribution is -2.19. The second-order valence-corrected chi connectivity index (χ2v) is 9.23. The molecule has 0 bridgehead atoms. The van der Waals surface area contributed by atoms with Crippen LogP contribution in [0.3, 0.4) is 0 Å². The number of hydrogen-bond donors (Lipinski definition) is 0. The van der Waals surface area contributed by atoms with Crippen LogP contribution in [-0.4, -0.2) is 31.6 Å². The van der Waals surface area contributed by atoms with Gasteiger partial charge in [-0.25, -0.2) is 9.98 Å². The number of rotatable bonds is 5. The minimum absolute atomic E-state index is 0.0494. The Kier molecular flexibility index (Phi) is 6.34. The normalized spacial score (nSPS) is 11.8. The summed E-state index contributed by atoms with van der Waals surface area (Å²) in [6.07, 6.45) is 5.51. The van der Waals surface area contributed by atoms with Gasteiger partial charge in [0, 0.05) is 41.5 Å². The Morgan fingerprint density at radius 2 is 1.97 bits per heavy atom. The van der Waals surface area contributed by atoms with Crippen molar-refractivity contribution in [2.75, 3.05) is 6.26 Å². The number of aliphatic imine (C=N–C) groups is 1. The topological polar surface area (TPSA) is 77.2 Å². The Bertz CT molecular complexity index is 1410. The number of thiazole rings is 1. The lowest BCUT2D eigenvalue weighted by Gasteiger charge is -2.12. The first-order chi connectivity index (χ1) is 15.4. The van der Waals surface area contributed by atoms with Crippen molar-refractivity contribution in [2.45, 2.75) is 20.3 Å². The number of benzene rings is 1. The van der Waals surface area contributed by atoms with Gasteiger partial charge >= 0.3 is 0 Å². The van der Waals surface area contributed by atoms with Gasteiger partial charge in [-0.15, -0.1) is 23.1 Å². The summed E-state index contributed by atoms with van der Waals surface area (Å²) in [7, 11) is 1.78. The van der Waals surface area contributed by atoms with Gasteiger partial charge in [0.25, 0.3) is 5.56 Å². The van der Waals surface area contributed by atoms with Gasteiger partial charge in [0.15, 0.2) is 10.8 Å². The van der Waals surface area contributed by atoms with Crippen molar-refractivity contribution in [3.05, 3.63) is 74.7 Å². The number of hydrogen-bond acceptors (Lipinski definition) is 7. The third-order valence-electron chi connectivity index (χ3n) is 5.23. The molecule has 8 heteroatoms. The summed E-state index contributed by atoms with van der Waals surface area (Å²) in [5, 5.41) is 3.88. The Labute approximate surface area is 194 Å². The summed E-state index contributed by atoms with van der Waals surface area (Å²) >= 11 is 2.77. The molecule has 0 saturated carbocycles. The van der Waals surface area contributed by atoms with Gasteiger partial charge < -0.3 is 4.57 Å². The Morgan fingerprint density at radius 3 is 2.69 bits per heavy atom. The molecule has 0 unspecified atom stereocenters. The molecule has 4 aromatic rings. The largest absolute Gasteiger partial charge is 0.311 e. The second-order valence-electron chi connectivity index (χ2n) is 7.45. The van der Waals surface area contributed by atoms with Crippen molar-refractivity contribution in [3.8, 4) is 11.1 Å². The van der Waals surface area contributed by atoms with Crippen molar-refractivity contribution >= 4 is 50.5 Å². The van der Waals surface area contributed by atoms with Crippen molar-refractivity contribution in [2.24, 2.45) is 12.0 Å². The fraction of sp³-hybridized carbons (Fsp3) is 0.208. The quantitative estimate of drug-likeness (QED) is 0.227. The Balaban J connectivity index is 1.75. The monoisotopic (exact) mass is 462 g/mol. The molecular weight excluding hydrogens is 440 g/mol. The molecule has 0 saturated heterocycles. The minimum atomic E-state index is -0.0728. The van der Waals surface area contributed by atoms with E-state index in [1.54, 1.807) is 29.4 Å². The average Bonchev–Trinajstić information content (AvgIpc) is 3.32. The predicted octanol–water partition coefficient (Wildman–Crippen LogP) is 5.34. The molecule has 0 spiro atoms. The minimum Gasteiger partial charge on any atom is -0.311 e. The molecule has 1 aromatic carbocycles. The van der Waals surface area contributed by atoms with Crippen LogP contribution in [0.4, 0.5) is 5.69 Å². The van der Waals surface area contributed by atoms with Crippen LogP contribution in [0.25, 0.3) is 22.0 Å². The summed E-state index contributed by atoms with van der Waals surface area (Å²) in [6.45, 7) is 3.88. The maximum atomic E-state index is 13.2. The lowest BCUT2D eigenvalue weighted by atomic mass is 9.99. The van der Waals surface area contributed by atoms with Gasteiger partial charge in [0.2, 0.25) is 0 Å². The molecule has 0 fully saturated rings. The van der Waals surface area contributed by atoms with Crippen LogP contribution in [0, 0.1) is 13.8 Å². The van der Waals surface area contributed by atoms with E-state index in [0.717, 1.165) is 27.7 Å². The van der Waals surface area contributed by atoms with Gasteiger partial charge in [0.1, 0.15) is 0 Å². The summed E-state index contributed by atoms with van der Waals surface area (Å²) in [6, 6.07) is 9.56. The average molecular weight is 463 g/mol. The van der Waals surface area contributed by atoms with Crippen LogP contribution >= 0.6 is 23.1 Å². The van der Waals surface area contributed by atoms with Crippen LogP contribution in [-0.2, 0) is 7.05 Å². The summed E-state index contributed by atoms with van der Waals surface area (Å²) in [5.74, 6) is -0.0494. The molecule has 6 nitrogen and oxygen atoms in total. The molecule has 0 aliphatic heterocycles. The summed E-state index contributed by atoms with van der Waals surface area (Å²) in [5.41, 5.74) is 4.74. The highest BCUT2D eigenvalue weighted by molar-refractivity contribution is 8.13. The summed E-state index contributed by atoms with van der Waals surface area (Å²) in [4.78, 5) is 38.8. The Hall–Kier alpha value is -3.10. The lowest BCUT2D eigenvalue weighted by molar-refractivity contribution is 0.100. The molecule has 3 heterocycles. The van der Waals surface area contributed by atoms with Crippen molar-refractivity contribution < 1.29 is 4.79 Å². The van der Waals surface area contributed by atoms with Crippen LogP contribution in [0.1, 0.15) is 27.5 Å². The van der Waals surface area contributed by atoms with Crippen molar-refractivity contribution in [1.29, 1.82) is 0 Å². The fourth-order valence-electron chi connectivity index (χ4n) is 3.50. The standard InChI is InChI=1S/C24H22N4O2S2/c1-14-5-6-17(27-22(31-4)12-21(29)23-25-7-8-32-23)11-18(14)19-10-16-13-26-15(2)9-20(16)28(3)24(19)30/h5-11,13H,12H2,1-4H3.